The lowest BCUT2D eigenvalue weighted by Crippen LogP contribution is -2.40. The number of anilines is 1. The van der Waals surface area contributed by atoms with Gasteiger partial charge in [-0.25, -0.2) is 13.2 Å². The number of halogens is 1. The zero-order valence-electron chi connectivity index (χ0n) is 19.0. The molecule has 1 heterocycles. The molecule has 0 radical (unpaired) electrons. The first-order chi connectivity index (χ1) is 16.7. The molecule has 13 heteroatoms. The van der Waals surface area contributed by atoms with Gasteiger partial charge in [-0.05, 0) is 48.3 Å². The second-order valence-electron chi connectivity index (χ2n) is 7.67. The number of nitro benzene ring substituents is 1. The number of esters is 1. The molecular formula is C22H26ClN3O7S2. The van der Waals surface area contributed by atoms with Crippen molar-refractivity contribution >= 4 is 50.7 Å². The molecule has 1 saturated heterocycles. The molecule has 2 aromatic rings. The molecule has 35 heavy (non-hydrogen) atoms. The Morgan fingerprint density at radius 3 is 2.57 bits per heavy atom. The van der Waals surface area contributed by atoms with Crippen LogP contribution in [0.5, 0.6) is 0 Å². The van der Waals surface area contributed by atoms with Crippen LogP contribution in [0.2, 0.25) is 5.02 Å². The van der Waals surface area contributed by atoms with E-state index in [1.807, 2.05) is 6.26 Å². The summed E-state index contributed by atoms with van der Waals surface area (Å²) in [6.07, 6.45) is 2.23. The van der Waals surface area contributed by atoms with Gasteiger partial charge >= 0.3 is 5.97 Å². The van der Waals surface area contributed by atoms with E-state index in [-0.39, 0.29) is 43.5 Å². The van der Waals surface area contributed by atoms with Crippen molar-refractivity contribution in [3.8, 4) is 0 Å². The first kappa shape index (κ1) is 27.2. The number of carbonyl (C=O) groups excluding carboxylic acids is 1. The molecule has 3 rings (SSSR count). The number of thioether (sulfide) groups is 1. The Hall–Kier alpha value is -2.38. The molecule has 1 aliphatic rings. The van der Waals surface area contributed by atoms with E-state index in [4.69, 9.17) is 21.1 Å². The van der Waals surface area contributed by atoms with Crippen molar-refractivity contribution in [1.82, 2.24) is 4.31 Å². The van der Waals surface area contributed by atoms with E-state index < -0.39 is 32.6 Å². The van der Waals surface area contributed by atoms with Crippen LogP contribution in [0.25, 0.3) is 0 Å². The Labute approximate surface area is 213 Å². The lowest BCUT2D eigenvalue weighted by atomic mass is 10.2. The second-order valence-corrected chi connectivity index (χ2v) is 11.0. The maximum Gasteiger partial charge on any atom is 0.328 e. The van der Waals surface area contributed by atoms with Gasteiger partial charge in [0.05, 0.1) is 23.0 Å². The highest BCUT2D eigenvalue weighted by Crippen LogP contribution is 2.30. The van der Waals surface area contributed by atoms with Gasteiger partial charge in [0.15, 0.2) is 0 Å². The van der Waals surface area contributed by atoms with Gasteiger partial charge in [-0.1, -0.05) is 23.7 Å². The van der Waals surface area contributed by atoms with Crippen LogP contribution in [0.4, 0.5) is 11.4 Å². The topological polar surface area (TPSA) is 128 Å². The fourth-order valence-electron chi connectivity index (χ4n) is 3.39. The Morgan fingerprint density at radius 1 is 1.26 bits per heavy atom. The Morgan fingerprint density at radius 2 is 1.94 bits per heavy atom. The number of carbonyl (C=O) groups is 1. The monoisotopic (exact) mass is 543 g/mol. The largest absolute Gasteiger partial charge is 0.459 e. The molecule has 1 atom stereocenters. The Kier molecular flexibility index (Phi) is 9.75. The number of nitro groups is 1. The molecule has 0 amide bonds. The average molecular weight is 544 g/mol. The zero-order chi connectivity index (χ0) is 25.4. The van der Waals surface area contributed by atoms with E-state index in [9.17, 15) is 23.3 Å². The van der Waals surface area contributed by atoms with Gasteiger partial charge in [0.25, 0.3) is 5.69 Å². The van der Waals surface area contributed by atoms with Crippen LogP contribution in [0.1, 0.15) is 12.0 Å². The van der Waals surface area contributed by atoms with Gasteiger partial charge in [-0.3, -0.25) is 10.1 Å². The molecule has 1 unspecified atom stereocenters. The molecule has 0 aliphatic carbocycles. The quantitative estimate of drug-likeness (QED) is 0.257. The van der Waals surface area contributed by atoms with Crippen molar-refractivity contribution in [3.05, 3.63) is 63.2 Å². The Balaban J connectivity index is 1.79. The number of hydrogen-bond donors (Lipinski definition) is 1. The summed E-state index contributed by atoms with van der Waals surface area (Å²) < 4.78 is 37.7. The van der Waals surface area contributed by atoms with Crippen LogP contribution in [-0.4, -0.2) is 68.0 Å². The SMILES string of the molecule is CSCCC(Nc1ccc(S(=O)(=O)N2CCOCC2)cc1[N+](=O)[O-])C(=O)OCc1ccc(Cl)cc1. The Bertz CT molecular complexity index is 1140. The second kappa shape index (κ2) is 12.5. The number of hydrogen-bond acceptors (Lipinski definition) is 9. The minimum absolute atomic E-state index is 0.0201. The lowest BCUT2D eigenvalue weighted by Gasteiger charge is -2.26. The molecule has 0 spiro atoms. The summed E-state index contributed by atoms with van der Waals surface area (Å²) in [7, 11) is -3.92. The van der Waals surface area contributed by atoms with Gasteiger partial charge < -0.3 is 14.8 Å². The van der Waals surface area contributed by atoms with Crippen molar-refractivity contribution in [2.24, 2.45) is 0 Å². The average Bonchev–Trinajstić information content (AvgIpc) is 2.86. The molecule has 0 saturated carbocycles. The van der Waals surface area contributed by atoms with Crippen molar-refractivity contribution in [3.63, 3.8) is 0 Å². The number of morpholine rings is 1. The van der Waals surface area contributed by atoms with Gasteiger partial charge in [0.1, 0.15) is 18.3 Å². The maximum absolute atomic E-state index is 12.9. The molecule has 1 N–H and O–H groups in total. The standard InChI is InChI=1S/C22H26ClN3O7S2/c1-34-13-8-20(22(27)33-15-16-2-4-17(23)5-3-16)24-19-7-6-18(14-21(19)26(28)29)35(30,31)25-9-11-32-12-10-25/h2-7,14,20,24H,8-13,15H2,1H3. The van der Waals surface area contributed by atoms with Gasteiger partial charge in [-0.15, -0.1) is 0 Å². The number of nitrogens with zero attached hydrogens (tertiary/aromatic N) is 2. The fraction of sp³-hybridized carbons (Fsp3) is 0.409. The molecule has 10 nitrogen and oxygen atoms in total. The highest BCUT2D eigenvalue weighted by atomic mass is 35.5. The van der Waals surface area contributed by atoms with Crippen LogP contribution in [0.3, 0.4) is 0 Å². The summed E-state index contributed by atoms with van der Waals surface area (Å²) in [5.74, 6) is 0.0265. The molecular weight excluding hydrogens is 518 g/mol. The van der Waals surface area contributed by atoms with Crippen molar-refractivity contribution in [1.29, 1.82) is 0 Å². The summed E-state index contributed by atoms with van der Waals surface area (Å²) >= 11 is 7.39. The van der Waals surface area contributed by atoms with Crippen LogP contribution >= 0.6 is 23.4 Å². The summed E-state index contributed by atoms with van der Waals surface area (Å²) in [6, 6.07) is 9.59. The van der Waals surface area contributed by atoms with Crippen LogP contribution in [-0.2, 0) is 30.9 Å². The van der Waals surface area contributed by atoms with Crippen molar-refractivity contribution in [2.45, 2.75) is 24.0 Å². The van der Waals surface area contributed by atoms with Crippen molar-refractivity contribution < 1.29 is 27.6 Å². The van der Waals surface area contributed by atoms with E-state index in [1.165, 1.54) is 28.2 Å². The van der Waals surface area contributed by atoms with Crippen LogP contribution in [0.15, 0.2) is 47.4 Å². The zero-order valence-corrected chi connectivity index (χ0v) is 21.4. The fourth-order valence-corrected chi connectivity index (χ4v) is 5.41. The van der Waals surface area contributed by atoms with E-state index in [2.05, 4.69) is 5.32 Å². The van der Waals surface area contributed by atoms with Crippen LogP contribution < -0.4 is 5.32 Å². The molecule has 2 aromatic carbocycles. The summed E-state index contributed by atoms with van der Waals surface area (Å²) in [5.41, 5.74) is 0.333. The minimum Gasteiger partial charge on any atom is -0.459 e. The first-order valence-electron chi connectivity index (χ1n) is 10.7. The number of sulfonamides is 1. The predicted octanol–water partition coefficient (Wildman–Crippen LogP) is 3.55. The molecule has 0 bridgehead atoms. The normalized spacial score (nSPS) is 15.4. The van der Waals surface area contributed by atoms with E-state index in [0.717, 1.165) is 11.6 Å². The third-order valence-corrected chi connectivity index (χ3v) is 8.08. The number of ether oxygens (including phenoxy) is 2. The van der Waals surface area contributed by atoms with E-state index in [0.29, 0.717) is 17.2 Å². The summed E-state index contributed by atoms with van der Waals surface area (Å²) in [6.45, 7) is 0.886. The third-order valence-electron chi connectivity index (χ3n) is 5.29. The number of rotatable bonds is 11. The molecule has 1 fully saturated rings. The number of benzene rings is 2. The summed E-state index contributed by atoms with van der Waals surface area (Å²) in [5, 5.41) is 15.2. The third kappa shape index (κ3) is 7.31. The van der Waals surface area contributed by atoms with E-state index in [1.54, 1.807) is 24.3 Å². The van der Waals surface area contributed by atoms with Gasteiger partial charge in [0, 0.05) is 24.2 Å². The highest BCUT2D eigenvalue weighted by molar-refractivity contribution is 7.98. The van der Waals surface area contributed by atoms with Crippen molar-refractivity contribution in [2.75, 3.05) is 43.6 Å². The van der Waals surface area contributed by atoms with Crippen LogP contribution in [0, 0.1) is 10.1 Å². The maximum atomic E-state index is 12.9. The molecule has 190 valence electrons. The first-order valence-corrected chi connectivity index (χ1v) is 14.0. The molecule has 0 aromatic heterocycles. The van der Waals surface area contributed by atoms with Gasteiger partial charge in [0.2, 0.25) is 10.0 Å². The predicted molar refractivity (Wildman–Crippen MR) is 134 cm³/mol. The highest BCUT2D eigenvalue weighted by Gasteiger charge is 2.30. The van der Waals surface area contributed by atoms with Gasteiger partial charge in [-0.2, -0.15) is 16.1 Å². The summed E-state index contributed by atoms with van der Waals surface area (Å²) in [4.78, 5) is 23.7. The minimum atomic E-state index is -3.92. The molecule has 1 aliphatic heterocycles. The lowest BCUT2D eigenvalue weighted by molar-refractivity contribution is -0.384. The van der Waals surface area contributed by atoms with E-state index >= 15 is 0 Å². The number of nitrogens with one attached hydrogen (secondary N) is 1. The smallest absolute Gasteiger partial charge is 0.328 e.